The van der Waals surface area contributed by atoms with Gasteiger partial charge in [0.2, 0.25) is 0 Å². The number of amides is 1. The Balaban J connectivity index is 1.80. The summed E-state index contributed by atoms with van der Waals surface area (Å²) in [6.45, 7) is 0.238. The van der Waals surface area contributed by atoms with Crippen molar-refractivity contribution in [3.05, 3.63) is 81.4 Å². The Kier molecular flexibility index (Phi) is 5.06. The summed E-state index contributed by atoms with van der Waals surface area (Å²) in [6.07, 6.45) is -3.21. The number of carbonyl (C=O) groups excluding carboxylic acids is 1. The summed E-state index contributed by atoms with van der Waals surface area (Å²) in [4.78, 5) is 17.3. The Labute approximate surface area is 172 Å². The molecule has 0 saturated carbocycles. The molecule has 1 N–H and O–H groups in total. The van der Waals surface area contributed by atoms with Crippen LogP contribution >= 0.6 is 22.9 Å². The normalized spacial score (nSPS) is 11.7. The number of thiophene rings is 1. The number of hydrogen-bond acceptors (Lipinski definition) is 3. The number of nitrogens with one attached hydrogen (secondary N) is 1. The summed E-state index contributed by atoms with van der Waals surface area (Å²) < 4.78 is 42.2. The lowest BCUT2D eigenvalue weighted by Crippen LogP contribution is -2.23. The van der Waals surface area contributed by atoms with Crippen LogP contribution in [0.2, 0.25) is 5.15 Å². The van der Waals surface area contributed by atoms with Crippen LogP contribution in [0.3, 0.4) is 0 Å². The van der Waals surface area contributed by atoms with Crippen LogP contribution in [0, 0.1) is 0 Å². The van der Waals surface area contributed by atoms with Crippen molar-refractivity contribution in [2.45, 2.75) is 12.7 Å². The first-order valence-corrected chi connectivity index (χ1v) is 9.75. The molecule has 3 aromatic heterocycles. The van der Waals surface area contributed by atoms with Crippen molar-refractivity contribution in [3.8, 4) is 11.1 Å². The van der Waals surface area contributed by atoms with Gasteiger partial charge in [-0.1, -0.05) is 48.0 Å². The van der Waals surface area contributed by atoms with Gasteiger partial charge in [-0.15, -0.1) is 11.3 Å². The van der Waals surface area contributed by atoms with E-state index in [0.29, 0.717) is 11.1 Å². The second-order valence-electron chi connectivity index (χ2n) is 6.21. The molecule has 0 saturated heterocycles. The van der Waals surface area contributed by atoms with E-state index in [1.165, 1.54) is 17.5 Å². The summed E-state index contributed by atoms with van der Waals surface area (Å²) in [5.41, 5.74) is -0.718. The van der Waals surface area contributed by atoms with Gasteiger partial charge in [0, 0.05) is 11.1 Å². The minimum absolute atomic E-state index is 0.174. The molecule has 4 rings (SSSR count). The molecule has 0 bridgehead atoms. The largest absolute Gasteiger partial charge is 0.420 e. The predicted octanol–water partition coefficient (Wildman–Crippen LogP) is 5.67. The van der Waals surface area contributed by atoms with Gasteiger partial charge < -0.3 is 5.32 Å². The highest BCUT2D eigenvalue weighted by Gasteiger charge is 2.36. The number of imidazole rings is 1. The quantitative estimate of drug-likeness (QED) is 0.449. The number of aromatic nitrogens is 2. The molecule has 0 spiro atoms. The van der Waals surface area contributed by atoms with Gasteiger partial charge in [0.25, 0.3) is 5.91 Å². The molecule has 0 aliphatic heterocycles. The summed E-state index contributed by atoms with van der Waals surface area (Å²) in [6, 6.07) is 13.3. The molecule has 148 valence electrons. The van der Waals surface area contributed by atoms with E-state index in [2.05, 4.69) is 10.3 Å². The first-order valence-electron chi connectivity index (χ1n) is 8.49. The lowest BCUT2D eigenvalue weighted by Gasteiger charge is -2.11. The summed E-state index contributed by atoms with van der Waals surface area (Å²) in [5.74, 6) is -0.638. The third-order valence-electron chi connectivity index (χ3n) is 4.29. The van der Waals surface area contributed by atoms with Gasteiger partial charge in [0.1, 0.15) is 5.15 Å². The lowest BCUT2D eigenvalue weighted by molar-refractivity contribution is -0.136. The van der Waals surface area contributed by atoms with Crippen molar-refractivity contribution in [2.75, 3.05) is 0 Å². The Morgan fingerprint density at radius 3 is 2.55 bits per heavy atom. The fourth-order valence-corrected chi connectivity index (χ4v) is 3.82. The topological polar surface area (TPSA) is 46.4 Å². The number of carbonyl (C=O) groups is 1. The number of alkyl halides is 3. The first-order chi connectivity index (χ1) is 13.8. The Bertz CT molecular complexity index is 1170. The van der Waals surface area contributed by atoms with E-state index in [-0.39, 0.29) is 17.4 Å². The molecule has 0 atom stereocenters. The fourth-order valence-electron chi connectivity index (χ4n) is 2.92. The maximum absolute atomic E-state index is 13.7. The van der Waals surface area contributed by atoms with Crippen molar-refractivity contribution in [1.82, 2.24) is 14.7 Å². The average molecular weight is 436 g/mol. The predicted molar refractivity (Wildman–Crippen MR) is 106 cm³/mol. The molecule has 1 aromatic carbocycles. The van der Waals surface area contributed by atoms with Crippen LogP contribution in [0.25, 0.3) is 16.8 Å². The van der Waals surface area contributed by atoms with Gasteiger partial charge in [-0.25, -0.2) is 4.98 Å². The molecular formula is C20H13ClF3N3OS. The molecule has 9 heteroatoms. The van der Waals surface area contributed by atoms with Crippen LogP contribution in [-0.4, -0.2) is 15.3 Å². The van der Waals surface area contributed by atoms with Gasteiger partial charge in [-0.2, -0.15) is 13.2 Å². The minimum atomic E-state index is -4.66. The maximum Gasteiger partial charge on any atom is 0.420 e. The van der Waals surface area contributed by atoms with Crippen molar-refractivity contribution in [1.29, 1.82) is 0 Å². The number of halogens is 4. The minimum Gasteiger partial charge on any atom is -0.346 e. The number of hydrogen-bond donors (Lipinski definition) is 1. The third-order valence-corrected chi connectivity index (χ3v) is 5.53. The van der Waals surface area contributed by atoms with Crippen LogP contribution < -0.4 is 5.32 Å². The van der Waals surface area contributed by atoms with Crippen molar-refractivity contribution < 1.29 is 18.0 Å². The average Bonchev–Trinajstić information content (AvgIpc) is 3.33. The Morgan fingerprint density at radius 1 is 1.14 bits per heavy atom. The fraction of sp³-hybridized carbons (Fsp3) is 0.100. The highest BCUT2D eigenvalue weighted by atomic mass is 35.5. The second-order valence-corrected chi connectivity index (χ2v) is 7.60. The Hall–Kier alpha value is -2.84. The SMILES string of the molecule is O=C(NCc1cccs1)c1nc2c(C(F)(F)F)cc(-c3ccccc3)cn2c1Cl. The summed E-state index contributed by atoms with van der Waals surface area (Å²) >= 11 is 7.72. The van der Waals surface area contributed by atoms with E-state index in [9.17, 15) is 18.0 Å². The van der Waals surface area contributed by atoms with Gasteiger partial charge in [-0.3, -0.25) is 9.20 Å². The first kappa shape index (κ1) is 19.5. The molecule has 0 fully saturated rings. The number of fused-ring (bicyclic) bond motifs is 1. The van der Waals surface area contributed by atoms with E-state index in [1.807, 2.05) is 17.5 Å². The standard InChI is InChI=1S/C20H13ClF3N3OS/c21-17-16(19(28)25-10-14-7-4-8-29-14)26-18-15(20(22,23)24)9-13(11-27(17)18)12-5-2-1-3-6-12/h1-9,11H,10H2,(H,25,28). The van der Waals surface area contributed by atoms with Crippen molar-refractivity contribution >= 4 is 34.5 Å². The molecule has 4 nitrogen and oxygen atoms in total. The number of pyridine rings is 1. The zero-order valence-electron chi connectivity index (χ0n) is 14.7. The van der Waals surface area contributed by atoms with Gasteiger partial charge in [0.05, 0.1) is 12.1 Å². The number of rotatable bonds is 4. The highest BCUT2D eigenvalue weighted by molar-refractivity contribution is 7.09. The van der Waals surface area contributed by atoms with E-state index >= 15 is 0 Å². The van der Waals surface area contributed by atoms with Gasteiger partial charge >= 0.3 is 6.18 Å². The van der Waals surface area contributed by atoms with Crippen LogP contribution in [0.4, 0.5) is 13.2 Å². The highest BCUT2D eigenvalue weighted by Crippen LogP contribution is 2.36. The summed E-state index contributed by atoms with van der Waals surface area (Å²) in [7, 11) is 0. The van der Waals surface area contributed by atoms with Crippen LogP contribution in [0.15, 0.2) is 60.1 Å². The number of nitrogens with zero attached hydrogens (tertiary/aromatic N) is 2. The zero-order chi connectivity index (χ0) is 20.6. The monoisotopic (exact) mass is 435 g/mol. The van der Waals surface area contributed by atoms with E-state index < -0.39 is 23.3 Å². The van der Waals surface area contributed by atoms with Gasteiger partial charge in [0.15, 0.2) is 11.3 Å². The molecule has 4 aromatic rings. The maximum atomic E-state index is 13.7. The molecule has 0 radical (unpaired) electrons. The Morgan fingerprint density at radius 2 is 1.90 bits per heavy atom. The molecule has 0 aliphatic rings. The third kappa shape index (κ3) is 3.86. The van der Waals surface area contributed by atoms with Crippen LogP contribution in [0.5, 0.6) is 0 Å². The number of benzene rings is 1. The van der Waals surface area contributed by atoms with E-state index in [1.54, 1.807) is 30.3 Å². The van der Waals surface area contributed by atoms with E-state index in [0.717, 1.165) is 15.3 Å². The smallest absolute Gasteiger partial charge is 0.346 e. The zero-order valence-corrected chi connectivity index (χ0v) is 16.3. The molecule has 0 aliphatic carbocycles. The van der Waals surface area contributed by atoms with Crippen LogP contribution in [-0.2, 0) is 12.7 Å². The molecular weight excluding hydrogens is 423 g/mol. The van der Waals surface area contributed by atoms with Gasteiger partial charge in [-0.05, 0) is 28.6 Å². The molecule has 0 unspecified atom stereocenters. The van der Waals surface area contributed by atoms with E-state index in [4.69, 9.17) is 11.6 Å². The van der Waals surface area contributed by atoms with Crippen molar-refractivity contribution in [3.63, 3.8) is 0 Å². The summed E-state index contributed by atoms with van der Waals surface area (Å²) in [5, 5.41) is 4.32. The molecule has 29 heavy (non-hydrogen) atoms. The second kappa shape index (κ2) is 7.53. The molecule has 1 amide bonds. The lowest BCUT2D eigenvalue weighted by atomic mass is 10.1. The van der Waals surface area contributed by atoms with Crippen LogP contribution in [0.1, 0.15) is 20.9 Å². The molecule has 3 heterocycles. The van der Waals surface area contributed by atoms with Crippen molar-refractivity contribution in [2.24, 2.45) is 0 Å².